The van der Waals surface area contributed by atoms with Crippen LogP contribution in [-0.2, 0) is 0 Å². The average Bonchev–Trinajstić information content (AvgIpc) is 2.16. The summed E-state index contributed by atoms with van der Waals surface area (Å²) in [5.41, 5.74) is 0.375. The summed E-state index contributed by atoms with van der Waals surface area (Å²) in [7, 11) is 0. The molecule has 0 aromatic heterocycles. The Morgan fingerprint density at radius 1 is 1.25 bits per heavy atom. The van der Waals surface area contributed by atoms with Crippen LogP contribution in [-0.4, -0.2) is 37.1 Å². The fraction of sp³-hybridized carbons (Fsp3) is 1.00. The van der Waals surface area contributed by atoms with Gasteiger partial charge in [0.25, 0.3) is 0 Å². The maximum atomic E-state index is 3.65. The first-order valence-corrected chi connectivity index (χ1v) is 6.76. The Balaban J connectivity index is 2.45. The molecular formula is C14H30N2. The Morgan fingerprint density at radius 3 is 2.38 bits per heavy atom. The molecule has 2 nitrogen and oxygen atoms in total. The maximum Gasteiger partial charge on any atom is 0.0244 e. The Kier molecular flexibility index (Phi) is 4.81. The predicted molar refractivity (Wildman–Crippen MR) is 71.7 cm³/mol. The highest BCUT2D eigenvalue weighted by atomic mass is 15.2. The van der Waals surface area contributed by atoms with Crippen molar-refractivity contribution in [3.05, 3.63) is 0 Å². The molecule has 0 amide bonds. The third-order valence-electron chi connectivity index (χ3n) is 3.99. The van der Waals surface area contributed by atoms with Gasteiger partial charge < -0.3 is 10.2 Å². The lowest BCUT2D eigenvalue weighted by molar-refractivity contribution is 0.114. The van der Waals surface area contributed by atoms with Gasteiger partial charge in [-0.05, 0) is 17.3 Å². The number of piperazine rings is 1. The molecule has 1 saturated heterocycles. The molecule has 2 heteroatoms. The van der Waals surface area contributed by atoms with Crippen molar-refractivity contribution in [2.45, 2.75) is 47.6 Å². The van der Waals surface area contributed by atoms with Gasteiger partial charge in [0, 0.05) is 32.2 Å². The second-order valence-electron chi connectivity index (χ2n) is 6.85. The summed E-state index contributed by atoms with van der Waals surface area (Å²) in [5.74, 6) is 1.60. The van der Waals surface area contributed by atoms with Crippen LogP contribution in [0.25, 0.3) is 0 Å². The SMILES string of the molecule is CC(C)C(C)CN1CCNC(C(C)(C)C)C1. The molecule has 0 bridgehead atoms. The van der Waals surface area contributed by atoms with Crippen LogP contribution in [0.2, 0.25) is 0 Å². The molecule has 0 radical (unpaired) electrons. The topological polar surface area (TPSA) is 15.3 Å². The van der Waals surface area contributed by atoms with Crippen molar-refractivity contribution in [3.63, 3.8) is 0 Å². The van der Waals surface area contributed by atoms with Gasteiger partial charge in [0.1, 0.15) is 0 Å². The molecule has 1 rings (SSSR count). The molecule has 1 aliphatic rings. The summed E-state index contributed by atoms with van der Waals surface area (Å²) in [4.78, 5) is 2.64. The number of hydrogen-bond donors (Lipinski definition) is 1. The Hall–Kier alpha value is -0.0800. The van der Waals surface area contributed by atoms with Crippen molar-refractivity contribution in [3.8, 4) is 0 Å². The van der Waals surface area contributed by atoms with Crippen molar-refractivity contribution < 1.29 is 0 Å². The Morgan fingerprint density at radius 2 is 1.88 bits per heavy atom. The predicted octanol–water partition coefficient (Wildman–Crippen LogP) is 2.60. The van der Waals surface area contributed by atoms with Gasteiger partial charge in [-0.1, -0.05) is 41.5 Å². The summed E-state index contributed by atoms with van der Waals surface area (Å²) in [5, 5.41) is 3.65. The van der Waals surface area contributed by atoms with E-state index in [2.05, 4.69) is 51.8 Å². The van der Waals surface area contributed by atoms with Crippen LogP contribution in [0.1, 0.15) is 41.5 Å². The van der Waals surface area contributed by atoms with E-state index in [1.807, 2.05) is 0 Å². The molecule has 0 aromatic rings. The van der Waals surface area contributed by atoms with E-state index in [-0.39, 0.29) is 0 Å². The maximum absolute atomic E-state index is 3.65. The average molecular weight is 226 g/mol. The van der Waals surface area contributed by atoms with Crippen LogP contribution < -0.4 is 5.32 Å². The van der Waals surface area contributed by atoms with Gasteiger partial charge in [-0.2, -0.15) is 0 Å². The first kappa shape index (κ1) is 14.0. The summed E-state index contributed by atoms with van der Waals surface area (Å²) < 4.78 is 0. The minimum atomic E-state index is 0.375. The van der Waals surface area contributed by atoms with Crippen LogP contribution in [0.15, 0.2) is 0 Å². The summed E-state index contributed by atoms with van der Waals surface area (Å²) in [6, 6.07) is 0.639. The summed E-state index contributed by atoms with van der Waals surface area (Å²) in [6.45, 7) is 18.9. The fourth-order valence-electron chi connectivity index (χ4n) is 2.17. The standard InChI is InChI=1S/C14H30N2/c1-11(2)12(3)9-16-8-7-15-13(10-16)14(4,5)6/h11-13,15H,7-10H2,1-6H3. The molecule has 2 atom stereocenters. The van der Waals surface area contributed by atoms with Crippen molar-refractivity contribution >= 4 is 0 Å². The minimum Gasteiger partial charge on any atom is -0.311 e. The highest BCUT2D eigenvalue weighted by molar-refractivity contribution is 4.87. The number of nitrogens with one attached hydrogen (secondary N) is 1. The fourth-order valence-corrected chi connectivity index (χ4v) is 2.17. The second kappa shape index (κ2) is 5.50. The number of hydrogen-bond acceptors (Lipinski definition) is 2. The van der Waals surface area contributed by atoms with E-state index in [9.17, 15) is 0 Å². The zero-order valence-electron chi connectivity index (χ0n) is 12.0. The first-order valence-electron chi connectivity index (χ1n) is 6.76. The van der Waals surface area contributed by atoms with E-state index < -0.39 is 0 Å². The molecule has 0 saturated carbocycles. The molecule has 0 spiro atoms. The Bertz CT molecular complexity index is 205. The van der Waals surface area contributed by atoms with Crippen LogP contribution in [0, 0.1) is 17.3 Å². The van der Waals surface area contributed by atoms with E-state index in [0.29, 0.717) is 11.5 Å². The molecule has 1 aliphatic heterocycles. The van der Waals surface area contributed by atoms with Crippen molar-refractivity contribution in [1.29, 1.82) is 0 Å². The molecule has 1 fully saturated rings. The van der Waals surface area contributed by atoms with Gasteiger partial charge in [0.15, 0.2) is 0 Å². The van der Waals surface area contributed by atoms with Crippen molar-refractivity contribution in [1.82, 2.24) is 10.2 Å². The molecule has 16 heavy (non-hydrogen) atoms. The number of rotatable bonds is 3. The first-order chi connectivity index (χ1) is 7.30. The van der Waals surface area contributed by atoms with Crippen LogP contribution >= 0.6 is 0 Å². The quantitative estimate of drug-likeness (QED) is 0.796. The minimum absolute atomic E-state index is 0.375. The van der Waals surface area contributed by atoms with Gasteiger partial charge in [0.2, 0.25) is 0 Å². The van der Waals surface area contributed by atoms with E-state index in [1.54, 1.807) is 0 Å². The molecule has 0 aromatic carbocycles. The third-order valence-corrected chi connectivity index (χ3v) is 3.99. The third kappa shape index (κ3) is 4.06. The Labute approximate surface area is 102 Å². The van der Waals surface area contributed by atoms with Gasteiger partial charge in [-0.3, -0.25) is 0 Å². The molecule has 96 valence electrons. The summed E-state index contributed by atoms with van der Waals surface area (Å²) >= 11 is 0. The van der Waals surface area contributed by atoms with E-state index in [1.165, 1.54) is 19.6 Å². The zero-order chi connectivity index (χ0) is 12.3. The highest BCUT2D eigenvalue weighted by Crippen LogP contribution is 2.22. The number of nitrogens with zero attached hydrogens (tertiary/aromatic N) is 1. The van der Waals surface area contributed by atoms with Gasteiger partial charge in [-0.15, -0.1) is 0 Å². The van der Waals surface area contributed by atoms with Crippen LogP contribution in [0.5, 0.6) is 0 Å². The van der Waals surface area contributed by atoms with Crippen molar-refractivity contribution in [2.24, 2.45) is 17.3 Å². The molecule has 1 heterocycles. The van der Waals surface area contributed by atoms with Crippen molar-refractivity contribution in [2.75, 3.05) is 26.2 Å². The van der Waals surface area contributed by atoms with Gasteiger partial charge >= 0.3 is 0 Å². The largest absolute Gasteiger partial charge is 0.311 e. The zero-order valence-corrected chi connectivity index (χ0v) is 12.0. The van der Waals surface area contributed by atoms with Gasteiger partial charge in [0.05, 0.1) is 0 Å². The lowest BCUT2D eigenvalue weighted by Gasteiger charge is -2.41. The highest BCUT2D eigenvalue weighted by Gasteiger charge is 2.29. The molecule has 2 unspecified atom stereocenters. The second-order valence-corrected chi connectivity index (χ2v) is 6.85. The van der Waals surface area contributed by atoms with E-state index in [4.69, 9.17) is 0 Å². The van der Waals surface area contributed by atoms with E-state index >= 15 is 0 Å². The monoisotopic (exact) mass is 226 g/mol. The van der Waals surface area contributed by atoms with Crippen LogP contribution in [0.3, 0.4) is 0 Å². The van der Waals surface area contributed by atoms with Gasteiger partial charge in [-0.25, -0.2) is 0 Å². The molecule has 1 N–H and O–H groups in total. The van der Waals surface area contributed by atoms with Crippen LogP contribution in [0.4, 0.5) is 0 Å². The smallest absolute Gasteiger partial charge is 0.0244 e. The normalized spacial score (nSPS) is 26.1. The molecule has 0 aliphatic carbocycles. The lowest BCUT2D eigenvalue weighted by Crippen LogP contribution is -2.56. The lowest BCUT2D eigenvalue weighted by atomic mass is 9.85. The molecular weight excluding hydrogens is 196 g/mol. The summed E-state index contributed by atoms with van der Waals surface area (Å²) in [6.07, 6.45) is 0. The van der Waals surface area contributed by atoms with E-state index in [0.717, 1.165) is 18.4 Å².